The van der Waals surface area contributed by atoms with Crippen LogP contribution in [0.25, 0.3) is 0 Å². The molecule has 0 radical (unpaired) electrons. The lowest BCUT2D eigenvalue weighted by molar-refractivity contribution is -0.117. The molecule has 0 saturated carbocycles. The van der Waals surface area contributed by atoms with Gasteiger partial charge in [-0.1, -0.05) is 13.0 Å². The van der Waals surface area contributed by atoms with Crippen molar-refractivity contribution in [1.29, 1.82) is 0 Å². The zero-order valence-corrected chi connectivity index (χ0v) is 15.2. The standard InChI is InChI=1S/C16H19IN2OS/c1-3-19(10-14-5-4-8-21-14)11-16(20)18-15-7-6-13(17)9-12(15)2/h4-9H,3,10-11H2,1-2H3,(H,18,20). The number of hydrogen-bond acceptors (Lipinski definition) is 3. The lowest BCUT2D eigenvalue weighted by Gasteiger charge is -2.19. The maximum absolute atomic E-state index is 12.2. The summed E-state index contributed by atoms with van der Waals surface area (Å²) in [5.41, 5.74) is 1.99. The van der Waals surface area contributed by atoms with Crippen molar-refractivity contribution >= 4 is 45.5 Å². The van der Waals surface area contributed by atoms with Gasteiger partial charge < -0.3 is 5.32 Å². The van der Waals surface area contributed by atoms with E-state index in [9.17, 15) is 4.79 Å². The van der Waals surface area contributed by atoms with Crippen molar-refractivity contribution in [3.63, 3.8) is 0 Å². The first kappa shape index (κ1) is 16.5. The van der Waals surface area contributed by atoms with Crippen LogP contribution < -0.4 is 5.32 Å². The molecule has 1 N–H and O–H groups in total. The van der Waals surface area contributed by atoms with Crippen LogP contribution in [0.4, 0.5) is 5.69 Å². The van der Waals surface area contributed by atoms with Crippen molar-refractivity contribution in [2.75, 3.05) is 18.4 Å². The highest BCUT2D eigenvalue weighted by atomic mass is 127. The summed E-state index contributed by atoms with van der Waals surface area (Å²) in [4.78, 5) is 15.6. The van der Waals surface area contributed by atoms with E-state index in [1.54, 1.807) is 11.3 Å². The lowest BCUT2D eigenvalue weighted by Crippen LogP contribution is -2.32. The molecule has 0 saturated heterocycles. The average molecular weight is 414 g/mol. The molecule has 21 heavy (non-hydrogen) atoms. The van der Waals surface area contributed by atoms with Gasteiger partial charge in [0.2, 0.25) is 5.91 Å². The molecule has 5 heteroatoms. The zero-order chi connectivity index (χ0) is 15.2. The quantitative estimate of drug-likeness (QED) is 0.722. The second-order valence-corrected chi connectivity index (χ2v) is 7.17. The lowest BCUT2D eigenvalue weighted by atomic mass is 10.2. The van der Waals surface area contributed by atoms with E-state index in [1.165, 1.54) is 8.45 Å². The van der Waals surface area contributed by atoms with Crippen LogP contribution in [0.3, 0.4) is 0 Å². The summed E-state index contributed by atoms with van der Waals surface area (Å²) in [6, 6.07) is 10.2. The van der Waals surface area contributed by atoms with Crippen LogP contribution in [0.5, 0.6) is 0 Å². The van der Waals surface area contributed by atoms with E-state index < -0.39 is 0 Å². The molecule has 2 aromatic rings. The summed E-state index contributed by atoms with van der Waals surface area (Å²) < 4.78 is 1.18. The van der Waals surface area contributed by atoms with Gasteiger partial charge in [0.1, 0.15) is 0 Å². The Balaban J connectivity index is 1.93. The number of thiophene rings is 1. The summed E-state index contributed by atoms with van der Waals surface area (Å²) in [6.07, 6.45) is 0. The van der Waals surface area contributed by atoms with Crippen molar-refractivity contribution in [3.8, 4) is 0 Å². The van der Waals surface area contributed by atoms with Gasteiger partial charge in [0.05, 0.1) is 6.54 Å². The molecular formula is C16H19IN2OS. The summed E-state index contributed by atoms with van der Waals surface area (Å²) in [6.45, 7) is 6.20. The first-order valence-electron chi connectivity index (χ1n) is 6.89. The number of carbonyl (C=O) groups excluding carboxylic acids is 1. The average Bonchev–Trinajstić information content (AvgIpc) is 2.94. The molecule has 1 aromatic heterocycles. The number of carbonyl (C=O) groups is 1. The van der Waals surface area contributed by atoms with Gasteiger partial charge in [0, 0.05) is 20.7 Å². The SMILES string of the molecule is CCN(CC(=O)Nc1ccc(I)cc1C)Cc1cccs1. The summed E-state index contributed by atoms with van der Waals surface area (Å²) in [5.74, 6) is 0.0396. The predicted octanol–water partition coefficient (Wildman–Crippen LogP) is 4.12. The summed E-state index contributed by atoms with van der Waals surface area (Å²) >= 11 is 4.00. The summed E-state index contributed by atoms with van der Waals surface area (Å²) in [5, 5.41) is 5.07. The van der Waals surface area contributed by atoms with Crippen LogP contribution in [-0.2, 0) is 11.3 Å². The number of nitrogens with one attached hydrogen (secondary N) is 1. The second-order valence-electron chi connectivity index (χ2n) is 4.89. The van der Waals surface area contributed by atoms with E-state index in [0.717, 1.165) is 24.3 Å². The minimum Gasteiger partial charge on any atom is -0.325 e. The molecule has 3 nitrogen and oxygen atoms in total. The molecule has 2 rings (SSSR count). The van der Waals surface area contributed by atoms with E-state index in [1.807, 2.05) is 25.1 Å². The Labute approximate surface area is 143 Å². The number of likely N-dealkylation sites (N-methyl/N-ethyl adjacent to an activating group) is 1. The van der Waals surface area contributed by atoms with Crippen LogP contribution in [0, 0.1) is 10.5 Å². The molecule has 1 heterocycles. The molecule has 0 fully saturated rings. The van der Waals surface area contributed by atoms with Gasteiger partial charge in [0.25, 0.3) is 0 Å². The third-order valence-corrected chi connectivity index (χ3v) is 4.77. The van der Waals surface area contributed by atoms with Crippen LogP contribution in [0.1, 0.15) is 17.4 Å². The Morgan fingerprint density at radius 2 is 2.19 bits per heavy atom. The topological polar surface area (TPSA) is 32.3 Å². The highest BCUT2D eigenvalue weighted by Crippen LogP contribution is 2.18. The first-order chi connectivity index (χ1) is 10.1. The van der Waals surface area contributed by atoms with Crippen LogP contribution in [-0.4, -0.2) is 23.9 Å². The monoisotopic (exact) mass is 414 g/mol. The van der Waals surface area contributed by atoms with Crippen LogP contribution >= 0.6 is 33.9 Å². The van der Waals surface area contributed by atoms with Gasteiger partial charge in [-0.3, -0.25) is 9.69 Å². The number of hydrogen-bond donors (Lipinski definition) is 1. The number of anilines is 1. The summed E-state index contributed by atoms with van der Waals surface area (Å²) in [7, 11) is 0. The highest BCUT2D eigenvalue weighted by molar-refractivity contribution is 14.1. The molecular weight excluding hydrogens is 395 g/mol. The number of amides is 1. The maximum Gasteiger partial charge on any atom is 0.238 e. The molecule has 0 aliphatic carbocycles. The van der Waals surface area contributed by atoms with E-state index in [0.29, 0.717) is 6.54 Å². The number of halogens is 1. The second kappa shape index (κ2) is 7.91. The third kappa shape index (κ3) is 5.09. The molecule has 1 aromatic carbocycles. The van der Waals surface area contributed by atoms with Gasteiger partial charge in [0.15, 0.2) is 0 Å². The number of nitrogens with zero attached hydrogens (tertiary/aromatic N) is 1. The molecule has 0 spiro atoms. The minimum atomic E-state index is 0.0396. The normalized spacial score (nSPS) is 10.9. The van der Waals surface area contributed by atoms with Gasteiger partial charge in [-0.2, -0.15) is 0 Å². The van der Waals surface area contributed by atoms with Crippen molar-refractivity contribution in [2.45, 2.75) is 20.4 Å². The zero-order valence-electron chi connectivity index (χ0n) is 12.2. The third-order valence-electron chi connectivity index (χ3n) is 3.24. The fourth-order valence-corrected chi connectivity index (χ4v) is 3.46. The Hall–Kier alpha value is -0.920. The predicted molar refractivity (Wildman–Crippen MR) is 97.8 cm³/mol. The van der Waals surface area contributed by atoms with Crippen molar-refractivity contribution in [2.24, 2.45) is 0 Å². The van der Waals surface area contributed by atoms with Gasteiger partial charge >= 0.3 is 0 Å². The number of rotatable bonds is 6. The minimum absolute atomic E-state index is 0.0396. The van der Waals surface area contributed by atoms with Crippen molar-refractivity contribution in [3.05, 3.63) is 49.7 Å². The van der Waals surface area contributed by atoms with Gasteiger partial charge in [-0.25, -0.2) is 0 Å². The van der Waals surface area contributed by atoms with E-state index in [4.69, 9.17) is 0 Å². The van der Waals surface area contributed by atoms with E-state index in [2.05, 4.69) is 57.2 Å². The van der Waals surface area contributed by atoms with Crippen molar-refractivity contribution in [1.82, 2.24) is 4.90 Å². The molecule has 0 bridgehead atoms. The largest absolute Gasteiger partial charge is 0.325 e. The van der Waals surface area contributed by atoms with Crippen molar-refractivity contribution < 1.29 is 4.79 Å². The van der Waals surface area contributed by atoms with E-state index in [-0.39, 0.29) is 5.91 Å². The van der Waals surface area contributed by atoms with Gasteiger partial charge in [-0.15, -0.1) is 11.3 Å². The molecule has 0 atom stereocenters. The first-order valence-corrected chi connectivity index (χ1v) is 8.85. The van der Waals surface area contributed by atoms with Crippen LogP contribution in [0.2, 0.25) is 0 Å². The Bertz CT molecular complexity index is 598. The fraction of sp³-hybridized carbons (Fsp3) is 0.312. The molecule has 0 unspecified atom stereocenters. The van der Waals surface area contributed by atoms with Crippen LogP contribution in [0.15, 0.2) is 35.7 Å². The molecule has 1 amide bonds. The Morgan fingerprint density at radius 3 is 2.81 bits per heavy atom. The van der Waals surface area contributed by atoms with E-state index >= 15 is 0 Å². The smallest absolute Gasteiger partial charge is 0.238 e. The maximum atomic E-state index is 12.2. The number of aryl methyl sites for hydroxylation is 1. The highest BCUT2D eigenvalue weighted by Gasteiger charge is 2.11. The Kier molecular flexibility index (Phi) is 6.20. The molecule has 112 valence electrons. The fourth-order valence-electron chi connectivity index (χ4n) is 2.06. The number of benzene rings is 1. The Morgan fingerprint density at radius 1 is 1.38 bits per heavy atom. The molecule has 0 aliphatic heterocycles. The molecule has 0 aliphatic rings. The van der Waals surface area contributed by atoms with Gasteiger partial charge in [-0.05, 0) is 71.3 Å².